The first kappa shape index (κ1) is 19.1. The molecule has 0 saturated carbocycles. The Balaban J connectivity index is 1.37. The molecule has 6 heteroatoms. The van der Waals surface area contributed by atoms with E-state index in [9.17, 15) is 9.59 Å². The minimum atomic E-state index is -0.526. The zero-order valence-electron chi connectivity index (χ0n) is 17.2. The van der Waals surface area contributed by atoms with E-state index < -0.39 is 5.54 Å². The number of likely N-dealkylation sites (tertiary alicyclic amines) is 2. The average Bonchev–Trinajstić information content (AvgIpc) is 3.17. The molecule has 0 unspecified atom stereocenters. The average molecular weight is 407 g/mol. The summed E-state index contributed by atoms with van der Waals surface area (Å²) in [5.41, 5.74) is 7.64. The number of fused-ring (bicyclic) bond motifs is 3. The van der Waals surface area contributed by atoms with E-state index in [1.807, 2.05) is 47.4 Å². The first-order valence-electron chi connectivity index (χ1n) is 10.9. The zero-order chi connectivity index (χ0) is 20.7. The Kier molecular flexibility index (Phi) is 4.74. The lowest BCUT2D eigenvalue weighted by atomic mass is 9.83. The highest BCUT2D eigenvalue weighted by Crippen LogP contribution is 2.30. The summed E-state index contributed by atoms with van der Waals surface area (Å²) in [7, 11) is 0. The molecule has 2 aliphatic rings. The molecule has 0 aliphatic carbocycles. The summed E-state index contributed by atoms with van der Waals surface area (Å²) >= 11 is 0. The summed E-state index contributed by atoms with van der Waals surface area (Å²) < 4.78 is 5.87. The number of rotatable bonds is 3. The topological polar surface area (TPSA) is 81.0 Å². The molecule has 0 atom stereocenters. The third kappa shape index (κ3) is 3.06. The minimum Gasteiger partial charge on any atom is -0.456 e. The molecule has 0 spiro atoms. The van der Waals surface area contributed by atoms with Crippen LogP contribution in [0, 0.1) is 0 Å². The lowest BCUT2D eigenvalue weighted by Crippen LogP contribution is -3.22. The van der Waals surface area contributed by atoms with Gasteiger partial charge in [0.05, 0.1) is 13.1 Å². The quantitative estimate of drug-likeness (QED) is 0.699. The van der Waals surface area contributed by atoms with Gasteiger partial charge in [-0.05, 0) is 43.5 Å². The SMILES string of the molecule is NC(=O)C1([NH+]2CCCCC2)CCN(C(=O)c2ccc3oc4ccccc4c3c2)CC1. The number of hydrogen-bond donors (Lipinski definition) is 2. The number of carbonyl (C=O) groups excluding carboxylic acids is 2. The zero-order valence-corrected chi connectivity index (χ0v) is 17.2. The predicted octanol–water partition coefficient (Wildman–Crippen LogP) is 2.11. The maximum absolute atomic E-state index is 13.2. The van der Waals surface area contributed by atoms with Crippen molar-refractivity contribution in [3.8, 4) is 0 Å². The fraction of sp³-hybridized carbons (Fsp3) is 0.417. The molecule has 6 nitrogen and oxygen atoms in total. The third-order valence-electron chi connectivity index (χ3n) is 7.13. The highest BCUT2D eigenvalue weighted by atomic mass is 16.3. The van der Waals surface area contributed by atoms with Gasteiger partial charge < -0.3 is 20.0 Å². The van der Waals surface area contributed by atoms with Gasteiger partial charge in [-0.2, -0.15) is 0 Å². The molecule has 3 N–H and O–H groups in total. The number of furan rings is 1. The number of nitrogens with zero attached hydrogens (tertiary/aromatic N) is 1. The Morgan fingerprint density at radius 3 is 2.37 bits per heavy atom. The number of nitrogens with two attached hydrogens (primary N) is 1. The van der Waals surface area contributed by atoms with Crippen LogP contribution < -0.4 is 10.6 Å². The van der Waals surface area contributed by atoms with Gasteiger partial charge in [0.1, 0.15) is 11.2 Å². The van der Waals surface area contributed by atoms with Gasteiger partial charge in [-0.25, -0.2) is 0 Å². The van der Waals surface area contributed by atoms with Crippen LogP contribution >= 0.6 is 0 Å². The molecule has 2 saturated heterocycles. The number of primary amides is 1. The van der Waals surface area contributed by atoms with E-state index in [0.717, 1.165) is 47.9 Å². The smallest absolute Gasteiger partial charge is 0.278 e. The summed E-state index contributed by atoms with van der Waals surface area (Å²) in [6.07, 6.45) is 4.80. The van der Waals surface area contributed by atoms with Crippen LogP contribution in [0.3, 0.4) is 0 Å². The Labute approximate surface area is 175 Å². The van der Waals surface area contributed by atoms with Crippen LogP contribution in [0.25, 0.3) is 21.9 Å². The van der Waals surface area contributed by atoms with Gasteiger partial charge in [-0.3, -0.25) is 9.59 Å². The van der Waals surface area contributed by atoms with Gasteiger partial charge in [0.25, 0.3) is 11.8 Å². The van der Waals surface area contributed by atoms with Crippen LogP contribution in [0.15, 0.2) is 46.9 Å². The molecule has 30 heavy (non-hydrogen) atoms. The van der Waals surface area contributed by atoms with E-state index in [4.69, 9.17) is 10.2 Å². The van der Waals surface area contributed by atoms with E-state index in [2.05, 4.69) is 0 Å². The lowest BCUT2D eigenvalue weighted by Gasteiger charge is -2.45. The summed E-state index contributed by atoms with van der Waals surface area (Å²) in [5.74, 6) is -0.202. The molecule has 0 radical (unpaired) electrons. The fourth-order valence-electron chi connectivity index (χ4n) is 5.36. The van der Waals surface area contributed by atoms with Crippen molar-refractivity contribution in [1.29, 1.82) is 0 Å². The molecule has 1 aromatic heterocycles. The van der Waals surface area contributed by atoms with Crippen molar-refractivity contribution in [3.63, 3.8) is 0 Å². The molecule has 2 amide bonds. The molecule has 0 bridgehead atoms. The van der Waals surface area contributed by atoms with Crippen molar-refractivity contribution in [2.75, 3.05) is 26.2 Å². The van der Waals surface area contributed by atoms with Crippen molar-refractivity contribution in [2.24, 2.45) is 5.73 Å². The Morgan fingerprint density at radius 2 is 1.63 bits per heavy atom. The molecular weight excluding hydrogens is 378 g/mol. The van der Waals surface area contributed by atoms with Crippen LogP contribution in [-0.4, -0.2) is 48.4 Å². The largest absolute Gasteiger partial charge is 0.456 e. The molecule has 2 aliphatic heterocycles. The number of nitrogens with one attached hydrogen (secondary N) is 1. The van der Waals surface area contributed by atoms with Crippen molar-refractivity contribution in [3.05, 3.63) is 48.0 Å². The molecule has 3 aromatic rings. The fourth-order valence-corrected chi connectivity index (χ4v) is 5.36. The minimum absolute atomic E-state index is 0.00824. The second kappa shape index (κ2) is 7.43. The van der Waals surface area contributed by atoms with Crippen LogP contribution in [0.4, 0.5) is 0 Å². The first-order valence-corrected chi connectivity index (χ1v) is 10.9. The van der Waals surface area contributed by atoms with Gasteiger partial charge in [-0.15, -0.1) is 0 Å². The normalized spacial score (nSPS) is 19.9. The van der Waals surface area contributed by atoms with Crippen molar-refractivity contribution in [1.82, 2.24) is 4.90 Å². The third-order valence-corrected chi connectivity index (χ3v) is 7.13. The maximum Gasteiger partial charge on any atom is 0.278 e. The van der Waals surface area contributed by atoms with E-state index in [0.29, 0.717) is 31.5 Å². The predicted molar refractivity (Wildman–Crippen MR) is 115 cm³/mol. The number of hydrogen-bond acceptors (Lipinski definition) is 3. The van der Waals surface area contributed by atoms with Gasteiger partial charge in [-0.1, -0.05) is 18.2 Å². The van der Waals surface area contributed by atoms with Crippen LogP contribution in [0.5, 0.6) is 0 Å². The monoisotopic (exact) mass is 406 g/mol. The molecule has 156 valence electrons. The molecule has 5 rings (SSSR count). The summed E-state index contributed by atoms with van der Waals surface area (Å²) in [6.45, 7) is 3.13. The van der Waals surface area contributed by atoms with Gasteiger partial charge >= 0.3 is 0 Å². The van der Waals surface area contributed by atoms with Gasteiger partial charge in [0.2, 0.25) is 0 Å². The molecule has 2 fully saturated rings. The number of benzene rings is 2. The summed E-state index contributed by atoms with van der Waals surface area (Å²) in [6, 6.07) is 13.5. The van der Waals surface area contributed by atoms with E-state index >= 15 is 0 Å². The summed E-state index contributed by atoms with van der Waals surface area (Å²) in [5, 5.41) is 1.97. The van der Waals surface area contributed by atoms with Crippen molar-refractivity contribution in [2.45, 2.75) is 37.6 Å². The maximum atomic E-state index is 13.2. The highest BCUT2D eigenvalue weighted by Gasteiger charge is 2.49. The van der Waals surface area contributed by atoms with Gasteiger partial charge in [0, 0.05) is 42.3 Å². The molecule has 3 heterocycles. The van der Waals surface area contributed by atoms with Gasteiger partial charge in [0.15, 0.2) is 5.54 Å². The Bertz CT molecular complexity index is 1110. The number of carbonyl (C=O) groups is 2. The van der Waals surface area contributed by atoms with Crippen LogP contribution in [0.2, 0.25) is 0 Å². The first-order chi connectivity index (χ1) is 14.6. The second-order valence-corrected chi connectivity index (χ2v) is 8.71. The Hall–Kier alpha value is -2.86. The van der Waals surface area contributed by atoms with Crippen molar-refractivity contribution >= 4 is 33.8 Å². The lowest BCUT2D eigenvalue weighted by molar-refractivity contribution is -0.948. The van der Waals surface area contributed by atoms with E-state index in [1.165, 1.54) is 11.3 Å². The van der Waals surface area contributed by atoms with E-state index in [1.54, 1.807) is 0 Å². The molecule has 2 aromatic carbocycles. The van der Waals surface area contributed by atoms with E-state index in [-0.39, 0.29) is 11.8 Å². The number of piperidine rings is 2. The number of quaternary nitrogens is 1. The molecular formula is C24H28N3O3+. The number of para-hydroxylation sites is 1. The highest BCUT2D eigenvalue weighted by molar-refractivity contribution is 6.08. The Morgan fingerprint density at radius 1 is 0.933 bits per heavy atom. The van der Waals surface area contributed by atoms with Crippen molar-refractivity contribution < 1.29 is 18.9 Å². The standard InChI is InChI=1S/C24H27N3O3/c25-23(29)24(27-12-4-1-5-13-27)10-14-26(15-11-24)22(28)17-8-9-21-19(16-17)18-6-2-3-7-20(18)30-21/h2-3,6-9,16H,1,4-5,10-15H2,(H2,25,29)/p+1. The number of amides is 2. The van der Waals surface area contributed by atoms with Crippen LogP contribution in [0.1, 0.15) is 42.5 Å². The van der Waals surface area contributed by atoms with Crippen LogP contribution in [-0.2, 0) is 4.79 Å². The second-order valence-electron chi connectivity index (χ2n) is 8.71. The summed E-state index contributed by atoms with van der Waals surface area (Å²) in [4.78, 5) is 28.9.